The molecule has 1 saturated heterocycles. The first-order valence-electron chi connectivity index (χ1n) is 13.4. The van der Waals surface area contributed by atoms with Crippen molar-refractivity contribution in [2.75, 3.05) is 23.7 Å². The van der Waals surface area contributed by atoms with Gasteiger partial charge < -0.3 is 15.7 Å². The maximum atomic E-state index is 10.3. The lowest BCUT2D eigenvalue weighted by molar-refractivity contribution is 0.116. The van der Waals surface area contributed by atoms with Crippen molar-refractivity contribution in [1.82, 2.24) is 19.9 Å². The van der Waals surface area contributed by atoms with Crippen molar-refractivity contribution >= 4 is 32.5 Å². The summed E-state index contributed by atoms with van der Waals surface area (Å²) in [5.74, 6) is 0.764. The standard InChI is InChI=1S/C29H34N6OS/c36-26-9-2-1-8-23(26)33-29-34-24-11-10-20(15-27(24)37-29)16-31-28-18-30-17-25(32-28)22-7-5-6-21(14-22)19-35-12-3-4-13-35/h5-7,10-11,14-15,17-18,23,26,36H,1-4,8-9,12-13,16,19H2,(H,31,32)(H,33,34)/t23?,26-/m1/s1. The summed E-state index contributed by atoms with van der Waals surface area (Å²) < 4.78 is 1.14. The fraction of sp³-hybridized carbons (Fsp3) is 0.414. The molecule has 1 unspecified atom stereocenters. The molecule has 192 valence electrons. The molecule has 0 amide bonds. The molecule has 7 nitrogen and oxygen atoms in total. The molecule has 1 aliphatic carbocycles. The van der Waals surface area contributed by atoms with Crippen LogP contribution in [0.4, 0.5) is 10.9 Å². The third-order valence-corrected chi connectivity index (χ3v) is 8.38. The molecule has 6 rings (SSSR count). The van der Waals surface area contributed by atoms with Crippen LogP contribution in [0.2, 0.25) is 0 Å². The van der Waals surface area contributed by atoms with Crippen LogP contribution < -0.4 is 10.6 Å². The molecule has 2 aromatic carbocycles. The van der Waals surface area contributed by atoms with Gasteiger partial charge in [0.1, 0.15) is 5.82 Å². The normalized spacial score (nSPS) is 20.4. The Bertz CT molecular complexity index is 1350. The molecule has 4 aromatic rings. The maximum Gasteiger partial charge on any atom is 0.184 e. The van der Waals surface area contributed by atoms with Gasteiger partial charge in [0.05, 0.1) is 40.5 Å². The van der Waals surface area contributed by atoms with Crippen LogP contribution in [0.15, 0.2) is 54.9 Å². The first-order chi connectivity index (χ1) is 18.2. The van der Waals surface area contributed by atoms with Crippen molar-refractivity contribution < 1.29 is 5.11 Å². The molecule has 3 N–H and O–H groups in total. The summed E-state index contributed by atoms with van der Waals surface area (Å²) in [6.45, 7) is 4.04. The number of aromatic nitrogens is 3. The number of rotatable bonds is 8. The van der Waals surface area contributed by atoms with Gasteiger partial charge in [-0.05, 0) is 68.1 Å². The number of thiazole rings is 1. The van der Waals surface area contributed by atoms with E-state index in [9.17, 15) is 5.11 Å². The summed E-state index contributed by atoms with van der Waals surface area (Å²) in [7, 11) is 0. The molecule has 3 heterocycles. The molecule has 2 aromatic heterocycles. The van der Waals surface area contributed by atoms with E-state index >= 15 is 0 Å². The van der Waals surface area contributed by atoms with E-state index in [4.69, 9.17) is 9.97 Å². The van der Waals surface area contributed by atoms with Gasteiger partial charge in [0, 0.05) is 18.7 Å². The van der Waals surface area contributed by atoms with Gasteiger partial charge in [0.2, 0.25) is 0 Å². The predicted molar refractivity (Wildman–Crippen MR) is 151 cm³/mol. The Morgan fingerprint density at radius 2 is 1.84 bits per heavy atom. The number of hydrogen-bond acceptors (Lipinski definition) is 8. The Morgan fingerprint density at radius 1 is 0.946 bits per heavy atom. The highest BCUT2D eigenvalue weighted by Crippen LogP contribution is 2.30. The van der Waals surface area contributed by atoms with Crippen molar-refractivity contribution in [2.24, 2.45) is 0 Å². The van der Waals surface area contributed by atoms with E-state index in [2.05, 4.69) is 63.0 Å². The largest absolute Gasteiger partial charge is 0.391 e. The summed E-state index contributed by atoms with van der Waals surface area (Å²) in [6, 6.07) is 15.1. The quantitative estimate of drug-likeness (QED) is 0.279. The summed E-state index contributed by atoms with van der Waals surface area (Å²) in [5.41, 5.74) is 5.45. The first-order valence-corrected chi connectivity index (χ1v) is 14.2. The van der Waals surface area contributed by atoms with Crippen molar-refractivity contribution in [1.29, 1.82) is 0 Å². The number of anilines is 2. The highest BCUT2D eigenvalue weighted by molar-refractivity contribution is 7.22. The van der Waals surface area contributed by atoms with Gasteiger partial charge in [-0.2, -0.15) is 0 Å². The Kier molecular flexibility index (Phi) is 7.30. The second kappa shape index (κ2) is 11.1. The SMILES string of the molecule is O[C@@H]1CCCCC1Nc1nc2ccc(CNc3cncc(-c4cccc(CN5CCCC5)c4)n3)cc2s1. The van der Waals surface area contributed by atoms with Crippen LogP contribution in [-0.4, -0.2) is 50.2 Å². The third kappa shape index (κ3) is 5.92. The summed E-state index contributed by atoms with van der Waals surface area (Å²) >= 11 is 1.65. The number of nitrogens with zero attached hydrogens (tertiary/aromatic N) is 4. The van der Waals surface area contributed by atoms with Gasteiger partial charge in [-0.15, -0.1) is 0 Å². The van der Waals surface area contributed by atoms with Crippen molar-refractivity contribution in [3.63, 3.8) is 0 Å². The Balaban J connectivity index is 1.11. The Labute approximate surface area is 222 Å². The van der Waals surface area contributed by atoms with Gasteiger partial charge in [0.15, 0.2) is 5.13 Å². The first kappa shape index (κ1) is 24.3. The highest BCUT2D eigenvalue weighted by Gasteiger charge is 2.23. The Hall–Kier alpha value is -3.07. The number of hydrogen-bond donors (Lipinski definition) is 3. The van der Waals surface area contributed by atoms with Gasteiger partial charge in [-0.1, -0.05) is 48.4 Å². The zero-order chi connectivity index (χ0) is 25.0. The third-order valence-electron chi connectivity index (χ3n) is 7.43. The molecule has 1 aliphatic heterocycles. The number of aliphatic hydroxyl groups is 1. The monoisotopic (exact) mass is 514 g/mol. The fourth-order valence-corrected chi connectivity index (χ4v) is 6.38. The van der Waals surface area contributed by atoms with Gasteiger partial charge in [0.25, 0.3) is 0 Å². The van der Waals surface area contributed by atoms with Crippen LogP contribution >= 0.6 is 11.3 Å². The molecular formula is C29H34N6OS. The van der Waals surface area contributed by atoms with E-state index in [-0.39, 0.29) is 12.1 Å². The summed E-state index contributed by atoms with van der Waals surface area (Å²) in [4.78, 5) is 16.5. The zero-order valence-corrected chi connectivity index (χ0v) is 21.9. The number of benzene rings is 2. The number of nitrogens with one attached hydrogen (secondary N) is 2. The van der Waals surface area contributed by atoms with E-state index < -0.39 is 0 Å². The van der Waals surface area contributed by atoms with E-state index in [1.807, 2.05) is 6.20 Å². The van der Waals surface area contributed by atoms with Crippen molar-refractivity contribution in [2.45, 2.75) is 63.8 Å². The molecule has 8 heteroatoms. The minimum atomic E-state index is -0.287. The van der Waals surface area contributed by atoms with E-state index in [1.54, 1.807) is 17.5 Å². The fourth-order valence-electron chi connectivity index (χ4n) is 5.39. The molecule has 1 saturated carbocycles. The van der Waals surface area contributed by atoms with E-state index in [1.165, 1.54) is 37.1 Å². The average molecular weight is 515 g/mol. The maximum absolute atomic E-state index is 10.3. The Morgan fingerprint density at radius 3 is 2.73 bits per heavy atom. The molecule has 0 bridgehead atoms. The zero-order valence-electron chi connectivity index (χ0n) is 21.1. The van der Waals surface area contributed by atoms with Crippen molar-refractivity contribution in [3.05, 3.63) is 66.0 Å². The number of aliphatic hydroxyl groups excluding tert-OH is 1. The van der Waals surface area contributed by atoms with E-state index in [0.29, 0.717) is 6.54 Å². The summed E-state index contributed by atoms with van der Waals surface area (Å²) in [6.07, 6.45) is 10.1. The van der Waals surface area contributed by atoms with Crippen LogP contribution in [0, 0.1) is 0 Å². The van der Waals surface area contributed by atoms with Gasteiger partial charge in [-0.3, -0.25) is 9.88 Å². The van der Waals surface area contributed by atoms with Gasteiger partial charge >= 0.3 is 0 Å². The van der Waals surface area contributed by atoms with Crippen LogP contribution in [0.5, 0.6) is 0 Å². The van der Waals surface area contributed by atoms with E-state index in [0.717, 1.165) is 64.7 Å². The molecule has 0 spiro atoms. The average Bonchev–Trinajstić information content (AvgIpc) is 3.58. The second-order valence-corrected chi connectivity index (χ2v) is 11.3. The smallest absolute Gasteiger partial charge is 0.184 e. The highest BCUT2D eigenvalue weighted by atomic mass is 32.1. The minimum absolute atomic E-state index is 0.0993. The molecular weight excluding hydrogens is 480 g/mol. The topological polar surface area (TPSA) is 86.2 Å². The lowest BCUT2D eigenvalue weighted by Gasteiger charge is -2.27. The minimum Gasteiger partial charge on any atom is -0.391 e. The lowest BCUT2D eigenvalue weighted by Crippen LogP contribution is -2.36. The molecule has 2 atom stereocenters. The summed E-state index contributed by atoms with van der Waals surface area (Å²) in [5, 5.41) is 18.1. The lowest BCUT2D eigenvalue weighted by atomic mass is 9.93. The van der Waals surface area contributed by atoms with Crippen LogP contribution in [0.3, 0.4) is 0 Å². The van der Waals surface area contributed by atoms with Gasteiger partial charge in [-0.25, -0.2) is 9.97 Å². The molecule has 2 fully saturated rings. The van der Waals surface area contributed by atoms with Crippen LogP contribution in [0.1, 0.15) is 49.7 Å². The molecule has 2 aliphatic rings. The molecule has 37 heavy (non-hydrogen) atoms. The second-order valence-electron chi connectivity index (χ2n) is 10.3. The predicted octanol–water partition coefficient (Wildman–Crippen LogP) is 5.68. The van der Waals surface area contributed by atoms with Crippen LogP contribution in [0.25, 0.3) is 21.5 Å². The van der Waals surface area contributed by atoms with Crippen molar-refractivity contribution in [3.8, 4) is 11.3 Å². The number of fused-ring (bicyclic) bond motifs is 1. The van der Waals surface area contributed by atoms with Crippen LogP contribution in [-0.2, 0) is 13.1 Å². The number of likely N-dealkylation sites (tertiary alicyclic amines) is 1. The molecule has 0 radical (unpaired) electrons.